The number of aromatic hydroxyl groups is 1. The highest BCUT2D eigenvalue weighted by molar-refractivity contribution is 9.11. The lowest BCUT2D eigenvalue weighted by atomic mass is 10.1. The molecule has 3 aromatic carbocycles. The first-order chi connectivity index (χ1) is 13.5. The summed E-state index contributed by atoms with van der Waals surface area (Å²) in [6.45, 7) is -0.170. The fraction of sp³-hybridized carbons (Fsp3) is 0.0476. The quantitative estimate of drug-likeness (QED) is 0.362. The van der Waals surface area contributed by atoms with Crippen LogP contribution in [0.4, 0.5) is 0 Å². The minimum absolute atomic E-state index is 0.0379. The molecule has 0 unspecified atom stereocenters. The molecule has 2 N–H and O–H groups in total. The van der Waals surface area contributed by atoms with Crippen LogP contribution in [0.5, 0.6) is 11.5 Å². The van der Waals surface area contributed by atoms with Crippen LogP contribution in [0.15, 0.2) is 80.8 Å². The van der Waals surface area contributed by atoms with Crippen molar-refractivity contribution >= 4 is 44.0 Å². The number of nitrogens with one attached hydrogen (secondary N) is 1. The van der Waals surface area contributed by atoms with Gasteiger partial charge in [0.05, 0.1) is 10.7 Å². The van der Waals surface area contributed by atoms with E-state index in [-0.39, 0.29) is 12.4 Å². The molecular weight excluding hydrogens is 488 g/mol. The van der Waals surface area contributed by atoms with E-state index in [1.54, 1.807) is 12.1 Å². The maximum atomic E-state index is 11.9. The van der Waals surface area contributed by atoms with E-state index >= 15 is 0 Å². The zero-order valence-electron chi connectivity index (χ0n) is 14.6. The normalized spacial score (nSPS) is 10.8. The van der Waals surface area contributed by atoms with E-state index in [0.29, 0.717) is 15.8 Å². The summed E-state index contributed by atoms with van der Waals surface area (Å²) in [5, 5.41) is 13.8. The maximum Gasteiger partial charge on any atom is 0.277 e. The van der Waals surface area contributed by atoms with E-state index in [1.165, 1.54) is 6.21 Å². The van der Waals surface area contributed by atoms with Crippen LogP contribution in [-0.2, 0) is 4.79 Å². The van der Waals surface area contributed by atoms with Crippen LogP contribution in [-0.4, -0.2) is 23.8 Å². The molecule has 3 aromatic rings. The molecule has 0 aliphatic heterocycles. The number of amides is 1. The number of carbonyl (C=O) groups is 1. The Labute approximate surface area is 179 Å². The summed E-state index contributed by atoms with van der Waals surface area (Å²) in [5.41, 5.74) is 5.01. The van der Waals surface area contributed by atoms with Gasteiger partial charge in [-0.15, -0.1) is 0 Å². The summed E-state index contributed by atoms with van der Waals surface area (Å²) < 4.78 is 6.77. The molecule has 142 valence electrons. The van der Waals surface area contributed by atoms with Gasteiger partial charge in [-0.2, -0.15) is 5.10 Å². The first-order valence-electron chi connectivity index (χ1n) is 8.31. The standard InChI is InChI=1S/C21H16Br2N2O3/c22-17-10-16(21(27)19(23)11-17)12-24-25-20(26)13-28-18-8-6-15(7-9-18)14-4-2-1-3-5-14/h1-12,27H,13H2,(H,25,26). The Bertz CT molecular complexity index is 991. The zero-order chi connectivity index (χ0) is 19.9. The second-order valence-corrected chi connectivity index (χ2v) is 7.57. The number of hydrogen-bond acceptors (Lipinski definition) is 4. The minimum Gasteiger partial charge on any atom is -0.506 e. The third-order valence-corrected chi connectivity index (χ3v) is 4.84. The van der Waals surface area contributed by atoms with Gasteiger partial charge in [0.25, 0.3) is 5.91 Å². The van der Waals surface area contributed by atoms with Crippen molar-refractivity contribution in [1.82, 2.24) is 5.43 Å². The molecule has 0 fully saturated rings. The maximum absolute atomic E-state index is 11.9. The van der Waals surface area contributed by atoms with E-state index < -0.39 is 5.91 Å². The number of nitrogens with zero attached hydrogens (tertiary/aromatic N) is 1. The summed E-state index contributed by atoms with van der Waals surface area (Å²) in [5.74, 6) is 0.222. The number of rotatable bonds is 6. The van der Waals surface area contributed by atoms with Crippen molar-refractivity contribution in [1.29, 1.82) is 0 Å². The van der Waals surface area contributed by atoms with Crippen molar-refractivity contribution < 1.29 is 14.6 Å². The highest BCUT2D eigenvalue weighted by atomic mass is 79.9. The number of carbonyl (C=O) groups excluding carboxylic acids is 1. The Kier molecular flexibility index (Phi) is 6.84. The molecular formula is C21H16Br2N2O3. The third kappa shape index (κ3) is 5.43. The highest BCUT2D eigenvalue weighted by Gasteiger charge is 2.06. The van der Waals surface area contributed by atoms with Crippen LogP contribution in [0, 0.1) is 0 Å². The van der Waals surface area contributed by atoms with Crippen LogP contribution in [0.3, 0.4) is 0 Å². The fourth-order valence-corrected chi connectivity index (χ4v) is 3.67. The second kappa shape index (κ2) is 9.52. The SMILES string of the molecule is O=C(COc1ccc(-c2ccccc2)cc1)NN=Cc1cc(Br)cc(Br)c1O. The van der Waals surface area contributed by atoms with Gasteiger partial charge in [0.1, 0.15) is 11.5 Å². The van der Waals surface area contributed by atoms with Crippen molar-refractivity contribution in [2.45, 2.75) is 0 Å². The Balaban J connectivity index is 1.52. The van der Waals surface area contributed by atoms with E-state index in [2.05, 4.69) is 42.4 Å². The lowest BCUT2D eigenvalue weighted by molar-refractivity contribution is -0.123. The van der Waals surface area contributed by atoms with Crippen molar-refractivity contribution in [3.05, 3.63) is 81.2 Å². The van der Waals surface area contributed by atoms with Gasteiger partial charge in [0.2, 0.25) is 0 Å². The molecule has 0 saturated carbocycles. The molecule has 1 amide bonds. The first kappa shape index (κ1) is 20.1. The summed E-state index contributed by atoms with van der Waals surface area (Å²) >= 11 is 6.57. The Hall–Kier alpha value is -2.64. The van der Waals surface area contributed by atoms with Crippen molar-refractivity contribution in [2.24, 2.45) is 5.10 Å². The number of benzene rings is 3. The lowest BCUT2D eigenvalue weighted by Gasteiger charge is -2.07. The summed E-state index contributed by atoms with van der Waals surface area (Å²) in [6, 6.07) is 20.9. The molecule has 0 bridgehead atoms. The van der Waals surface area contributed by atoms with E-state index in [0.717, 1.165) is 15.6 Å². The van der Waals surface area contributed by atoms with Crippen molar-refractivity contribution in [3.8, 4) is 22.6 Å². The summed E-state index contributed by atoms with van der Waals surface area (Å²) in [7, 11) is 0. The number of phenolic OH excluding ortho intramolecular Hbond substituents is 1. The lowest BCUT2D eigenvalue weighted by Crippen LogP contribution is -2.24. The molecule has 0 aliphatic rings. The van der Waals surface area contributed by atoms with Crippen LogP contribution >= 0.6 is 31.9 Å². The van der Waals surface area contributed by atoms with Gasteiger partial charge < -0.3 is 9.84 Å². The van der Waals surface area contributed by atoms with Gasteiger partial charge >= 0.3 is 0 Å². The van der Waals surface area contributed by atoms with Gasteiger partial charge in [-0.25, -0.2) is 5.43 Å². The molecule has 0 aliphatic carbocycles. The molecule has 5 nitrogen and oxygen atoms in total. The van der Waals surface area contributed by atoms with Crippen molar-refractivity contribution in [2.75, 3.05) is 6.61 Å². The van der Waals surface area contributed by atoms with Gasteiger partial charge in [-0.1, -0.05) is 58.4 Å². The molecule has 0 spiro atoms. The predicted molar refractivity (Wildman–Crippen MR) is 117 cm³/mol. The van der Waals surface area contributed by atoms with Gasteiger partial charge in [-0.3, -0.25) is 4.79 Å². The third-order valence-electron chi connectivity index (χ3n) is 3.78. The van der Waals surface area contributed by atoms with Gasteiger partial charge in [0, 0.05) is 10.0 Å². The second-order valence-electron chi connectivity index (χ2n) is 5.80. The molecule has 0 saturated heterocycles. The first-order valence-corrected chi connectivity index (χ1v) is 9.90. The van der Waals surface area contributed by atoms with Gasteiger partial charge in [-0.05, 0) is 51.3 Å². The van der Waals surface area contributed by atoms with Crippen molar-refractivity contribution in [3.63, 3.8) is 0 Å². The summed E-state index contributed by atoms with van der Waals surface area (Å²) in [4.78, 5) is 11.9. The number of ether oxygens (including phenoxy) is 1. The Morgan fingerprint density at radius 3 is 2.43 bits per heavy atom. The number of phenols is 1. The topological polar surface area (TPSA) is 70.9 Å². The predicted octanol–water partition coefficient (Wildman–Crippen LogP) is 5.11. The van der Waals surface area contributed by atoms with E-state index in [4.69, 9.17) is 4.74 Å². The highest BCUT2D eigenvalue weighted by Crippen LogP contribution is 2.30. The summed E-state index contributed by atoms with van der Waals surface area (Å²) in [6.07, 6.45) is 1.36. The number of hydrazone groups is 1. The van der Waals surface area contributed by atoms with Gasteiger partial charge in [0.15, 0.2) is 6.61 Å². The molecule has 3 rings (SSSR count). The molecule has 0 radical (unpaired) electrons. The number of halogens is 2. The fourth-order valence-electron chi connectivity index (χ4n) is 2.41. The van der Waals surface area contributed by atoms with E-state index in [1.807, 2.05) is 54.6 Å². The monoisotopic (exact) mass is 502 g/mol. The molecule has 0 aromatic heterocycles. The largest absolute Gasteiger partial charge is 0.506 e. The van der Waals surface area contributed by atoms with Crippen LogP contribution in [0.1, 0.15) is 5.56 Å². The smallest absolute Gasteiger partial charge is 0.277 e. The average Bonchev–Trinajstić information content (AvgIpc) is 2.71. The Morgan fingerprint density at radius 1 is 1.04 bits per heavy atom. The Morgan fingerprint density at radius 2 is 1.71 bits per heavy atom. The molecule has 7 heteroatoms. The average molecular weight is 504 g/mol. The van der Waals surface area contributed by atoms with Crippen LogP contribution in [0.2, 0.25) is 0 Å². The molecule has 0 atom stereocenters. The van der Waals surface area contributed by atoms with Crippen LogP contribution < -0.4 is 10.2 Å². The molecule has 28 heavy (non-hydrogen) atoms. The number of hydrogen-bond donors (Lipinski definition) is 2. The minimum atomic E-state index is -0.406. The molecule has 0 heterocycles. The van der Waals surface area contributed by atoms with Crippen LogP contribution in [0.25, 0.3) is 11.1 Å². The van der Waals surface area contributed by atoms with E-state index in [9.17, 15) is 9.90 Å². The zero-order valence-corrected chi connectivity index (χ0v) is 17.8.